The molecule has 102 valence electrons. The summed E-state index contributed by atoms with van der Waals surface area (Å²) in [4.78, 5) is 8.52. The molecule has 1 aromatic rings. The minimum atomic E-state index is 0.223. The Morgan fingerprint density at radius 1 is 1.44 bits per heavy atom. The average Bonchev–Trinajstić information content (AvgIpc) is 2.36. The van der Waals surface area contributed by atoms with Gasteiger partial charge in [0.1, 0.15) is 5.82 Å². The smallest absolute Gasteiger partial charge is 0.224 e. The van der Waals surface area contributed by atoms with Crippen LogP contribution >= 0.6 is 15.9 Å². The third-order valence-corrected chi connectivity index (χ3v) is 3.18. The third-order valence-electron chi connectivity index (χ3n) is 2.60. The normalized spacial score (nSPS) is 12.6. The van der Waals surface area contributed by atoms with E-state index < -0.39 is 0 Å². The van der Waals surface area contributed by atoms with Gasteiger partial charge in [0, 0.05) is 19.9 Å². The zero-order chi connectivity index (χ0) is 13.5. The molecule has 0 bridgehead atoms. The summed E-state index contributed by atoms with van der Waals surface area (Å²) in [5, 5.41) is 6.32. The van der Waals surface area contributed by atoms with Crippen molar-refractivity contribution in [1.29, 1.82) is 0 Å². The Hall–Kier alpha value is -0.880. The van der Waals surface area contributed by atoms with Gasteiger partial charge in [0.2, 0.25) is 5.95 Å². The first-order valence-corrected chi connectivity index (χ1v) is 6.92. The summed E-state index contributed by atoms with van der Waals surface area (Å²) in [5.41, 5.74) is 0. The molecule has 0 aromatic carbocycles. The summed E-state index contributed by atoms with van der Waals surface area (Å²) < 4.78 is 6.34. The molecule has 2 N–H and O–H groups in total. The Morgan fingerprint density at radius 3 is 2.72 bits per heavy atom. The zero-order valence-electron chi connectivity index (χ0n) is 11.3. The van der Waals surface area contributed by atoms with Crippen molar-refractivity contribution in [1.82, 2.24) is 9.97 Å². The number of ether oxygens (including phenoxy) is 1. The summed E-state index contributed by atoms with van der Waals surface area (Å²) in [6, 6.07) is 0.223. The Kier molecular flexibility index (Phi) is 6.35. The van der Waals surface area contributed by atoms with Crippen LogP contribution in [-0.2, 0) is 4.74 Å². The first-order valence-electron chi connectivity index (χ1n) is 6.13. The van der Waals surface area contributed by atoms with Gasteiger partial charge in [-0.3, -0.25) is 0 Å². The van der Waals surface area contributed by atoms with Crippen LogP contribution in [0.25, 0.3) is 0 Å². The van der Waals surface area contributed by atoms with E-state index in [9.17, 15) is 0 Å². The Labute approximate surface area is 117 Å². The van der Waals surface area contributed by atoms with Gasteiger partial charge in [0.25, 0.3) is 0 Å². The number of aromatic nitrogens is 2. The second kappa shape index (κ2) is 7.53. The summed E-state index contributed by atoms with van der Waals surface area (Å²) in [6.45, 7) is 7.70. The van der Waals surface area contributed by atoms with E-state index >= 15 is 0 Å². The predicted octanol–water partition coefficient (Wildman–Crippen LogP) is 2.75. The molecular weight excluding hydrogens is 296 g/mol. The zero-order valence-corrected chi connectivity index (χ0v) is 12.9. The molecule has 1 rings (SSSR count). The minimum Gasteiger partial charge on any atom is -0.380 e. The van der Waals surface area contributed by atoms with Crippen molar-refractivity contribution in [3.05, 3.63) is 10.7 Å². The number of anilines is 2. The molecule has 0 aliphatic heterocycles. The van der Waals surface area contributed by atoms with Gasteiger partial charge in [-0.25, -0.2) is 4.98 Å². The summed E-state index contributed by atoms with van der Waals surface area (Å²) >= 11 is 3.45. The predicted molar refractivity (Wildman–Crippen MR) is 78.0 cm³/mol. The highest BCUT2D eigenvalue weighted by molar-refractivity contribution is 9.10. The first kappa shape index (κ1) is 15.2. The maximum Gasteiger partial charge on any atom is 0.224 e. The lowest BCUT2D eigenvalue weighted by Crippen LogP contribution is -2.31. The van der Waals surface area contributed by atoms with Crippen molar-refractivity contribution in [2.45, 2.75) is 26.8 Å². The average molecular weight is 317 g/mol. The Bertz CT molecular complexity index is 373. The molecule has 0 saturated heterocycles. The van der Waals surface area contributed by atoms with E-state index in [-0.39, 0.29) is 6.04 Å². The van der Waals surface area contributed by atoms with E-state index in [1.165, 1.54) is 0 Å². The topological polar surface area (TPSA) is 59.1 Å². The van der Waals surface area contributed by atoms with Crippen LogP contribution in [0.3, 0.4) is 0 Å². The van der Waals surface area contributed by atoms with Crippen LogP contribution in [0.15, 0.2) is 10.7 Å². The van der Waals surface area contributed by atoms with E-state index in [0.29, 0.717) is 18.5 Å². The molecule has 0 fully saturated rings. The van der Waals surface area contributed by atoms with E-state index in [2.05, 4.69) is 50.4 Å². The number of hydrogen-bond acceptors (Lipinski definition) is 5. The van der Waals surface area contributed by atoms with Gasteiger partial charge in [0.05, 0.1) is 17.1 Å². The van der Waals surface area contributed by atoms with Gasteiger partial charge in [0.15, 0.2) is 0 Å². The van der Waals surface area contributed by atoms with Crippen LogP contribution in [0, 0.1) is 5.92 Å². The monoisotopic (exact) mass is 316 g/mol. The van der Waals surface area contributed by atoms with Crippen LogP contribution in [-0.4, -0.2) is 36.3 Å². The van der Waals surface area contributed by atoms with E-state index in [1.54, 1.807) is 13.2 Å². The number of rotatable bonds is 7. The lowest BCUT2D eigenvalue weighted by Gasteiger charge is -2.23. The molecule has 0 radical (unpaired) electrons. The largest absolute Gasteiger partial charge is 0.380 e. The fourth-order valence-corrected chi connectivity index (χ4v) is 1.72. The van der Waals surface area contributed by atoms with E-state index in [0.717, 1.165) is 16.9 Å². The molecule has 1 atom stereocenters. The Morgan fingerprint density at radius 2 is 2.17 bits per heavy atom. The molecule has 0 spiro atoms. The molecule has 0 aliphatic carbocycles. The molecule has 5 nitrogen and oxygen atoms in total. The quantitative estimate of drug-likeness (QED) is 0.810. The number of nitrogens with one attached hydrogen (secondary N) is 2. The van der Waals surface area contributed by atoms with Gasteiger partial charge in [-0.05, 0) is 28.8 Å². The molecule has 6 heteroatoms. The van der Waals surface area contributed by atoms with Gasteiger partial charge < -0.3 is 15.4 Å². The second-order valence-electron chi connectivity index (χ2n) is 4.29. The van der Waals surface area contributed by atoms with Crippen LogP contribution in [0.2, 0.25) is 0 Å². The number of halogens is 1. The Balaban J connectivity index is 2.78. The first-order chi connectivity index (χ1) is 8.58. The highest BCUT2D eigenvalue weighted by Crippen LogP contribution is 2.22. The van der Waals surface area contributed by atoms with Crippen molar-refractivity contribution in [2.75, 3.05) is 30.9 Å². The summed E-state index contributed by atoms with van der Waals surface area (Å²) in [5.74, 6) is 1.84. The van der Waals surface area contributed by atoms with Crippen molar-refractivity contribution in [3.63, 3.8) is 0 Å². The summed E-state index contributed by atoms with van der Waals surface area (Å²) in [6.07, 6.45) is 1.74. The van der Waals surface area contributed by atoms with E-state index in [1.807, 2.05) is 6.92 Å². The summed E-state index contributed by atoms with van der Waals surface area (Å²) in [7, 11) is 1.80. The lowest BCUT2D eigenvalue weighted by atomic mass is 10.1. The van der Waals surface area contributed by atoms with E-state index in [4.69, 9.17) is 4.74 Å². The van der Waals surface area contributed by atoms with Crippen LogP contribution in [0.1, 0.15) is 20.8 Å². The molecule has 0 saturated carbocycles. The molecule has 1 unspecified atom stereocenters. The highest BCUT2D eigenvalue weighted by Gasteiger charge is 2.15. The van der Waals surface area contributed by atoms with Crippen LogP contribution in [0.5, 0.6) is 0 Å². The van der Waals surface area contributed by atoms with Crippen molar-refractivity contribution in [3.8, 4) is 0 Å². The molecule has 0 aliphatic rings. The third kappa shape index (κ3) is 4.42. The molecule has 18 heavy (non-hydrogen) atoms. The maximum absolute atomic E-state index is 5.49. The fourth-order valence-electron chi connectivity index (χ4n) is 1.41. The van der Waals surface area contributed by atoms with Gasteiger partial charge in [-0.2, -0.15) is 4.98 Å². The second-order valence-corrected chi connectivity index (χ2v) is 5.15. The van der Waals surface area contributed by atoms with Crippen molar-refractivity contribution < 1.29 is 4.74 Å². The molecule has 1 heterocycles. The van der Waals surface area contributed by atoms with Crippen LogP contribution < -0.4 is 10.6 Å². The molecular formula is C12H21BrN4O. The number of nitrogens with zero attached hydrogens (tertiary/aromatic N) is 2. The molecule has 0 amide bonds. The lowest BCUT2D eigenvalue weighted by molar-refractivity contribution is 0.126. The molecule has 1 aromatic heterocycles. The SMILES string of the molecule is CCOCC(Nc1nc(NC)ncc1Br)C(C)C. The van der Waals surface area contributed by atoms with Gasteiger partial charge in [-0.1, -0.05) is 13.8 Å². The van der Waals surface area contributed by atoms with Gasteiger partial charge >= 0.3 is 0 Å². The van der Waals surface area contributed by atoms with Gasteiger partial charge in [-0.15, -0.1) is 0 Å². The highest BCUT2D eigenvalue weighted by atomic mass is 79.9. The van der Waals surface area contributed by atoms with Crippen molar-refractivity contribution >= 4 is 27.7 Å². The minimum absolute atomic E-state index is 0.223. The standard InChI is InChI=1S/C12H21BrN4O/c1-5-18-7-10(8(2)3)16-11-9(13)6-15-12(14-4)17-11/h6,8,10H,5,7H2,1-4H3,(H2,14,15,16,17). The van der Waals surface area contributed by atoms with Crippen molar-refractivity contribution in [2.24, 2.45) is 5.92 Å². The fraction of sp³-hybridized carbons (Fsp3) is 0.667. The maximum atomic E-state index is 5.49. The number of hydrogen-bond donors (Lipinski definition) is 2. The van der Waals surface area contributed by atoms with Crippen LogP contribution in [0.4, 0.5) is 11.8 Å².